The Bertz CT molecular complexity index is 786. The molecular weight excluding hydrogens is 338 g/mol. The van der Waals surface area contributed by atoms with Gasteiger partial charge in [0.2, 0.25) is 5.91 Å². The Morgan fingerprint density at radius 3 is 2.64 bits per heavy atom. The van der Waals surface area contributed by atoms with Crippen molar-refractivity contribution in [2.24, 2.45) is 0 Å². The Morgan fingerprint density at radius 2 is 1.91 bits per heavy atom. The summed E-state index contributed by atoms with van der Waals surface area (Å²) in [6.07, 6.45) is 2.01. The molecule has 3 heteroatoms. The lowest BCUT2D eigenvalue weighted by Gasteiger charge is -2.28. The van der Waals surface area contributed by atoms with Crippen molar-refractivity contribution in [3.63, 3.8) is 0 Å². The summed E-state index contributed by atoms with van der Waals surface area (Å²) in [7, 11) is 0. The number of hydrogen-bond donors (Lipinski definition) is 0. The van der Waals surface area contributed by atoms with Gasteiger partial charge in [0.25, 0.3) is 0 Å². The third-order valence-corrected chi connectivity index (χ3v) is 4.25. The van der Waals surface area contributed by atoms with E-state index in [-0.39, 0.29) is 5.91 Å². The number of rotatable bonds is 0. The summed E-state index contributed by atoms with van der Waals surface area (Å²) in [6.45, 7) is 2.43. The summed E-state index contributed by atoms with van der Waals surface area (Å²) >= 11 is 3.45. The third kappa shape index (κ3) is 3.23. The van der Waals surface area contributed by atoms with Crippen molar-refractivity contribution in [2.45, 2.75) is 19.8 Å². The molecule has 0 aromatic heterocycles. The molecule has 1 amide bonds. The molecule has 0 aliphatic carbocycles. The van der Waals surface area contributed by atoms with E-state index < -0.39 is 0 Å². The maximum Gasteiger partial charge on any atom is 0.223 e. The molecule has 0 bridgehead atoms. The van der Waals surface area contributed by atoms with Crippen LogP contribution in [-0.4, -0.2) is 12.5 Å². The predicted molar refractivity (Wildman–Crippen MR) is 92.9 cm³/mol. The lowest BCUT2D eigenvalue weighted by atomic mass is 9.99. The number of aryl methyl sites for hydroxylation is 1. The smallest absolute Gasteiger partial charge is 0.223 e. The predicted octanol–water partition coefficient (Wildman–Crippen LogP) is 4.15. The first-order valence-electron chi connectivity index (χ1n) is 7.32. The van der Waals surface area contributed by atoms with E-state index in [1.54, 1.807) is 6.92 Å². The average Bonchev–Trinajstić information content (AvgIpc) is 2.52. The number of halogens is 1. The molecule has 0 unspecified atom stereocenters. The summed E-state index contributed by atoms with van der Waals surface area (Å²) < 4.78 is 1.03. The minimum absolute atomic E-state index is 0.105. The van der Waals surface area contributed by atoms with Gasteiger partial charge in [-0.1, -0.05) is 33.8 Å². The molecule has 0 spiro atoms. The van der Waals surface area contributed by atoms with Gasteiger partial charge in [-0.25, -0.2) is 0 Å². The van der Waals surface area contributed by atoms with Crippen LogP contribution in [0.3, 0.4) is 0 Å². The lowest BCUT2D eigenvalue weighted by molar-refractivity contribution is -0.116. The number of anilines is 1. The van der Waals surface area contributed by atoms with Crippen LogP contribution in [0.15, 0.2) is 46.9 Å². The molecule has 0 atom stereocenters. The number of nitrogens with zero attached hydrogens (tertiary/aromatic N) is 1. The molecule has 2 nitrogen and oxygen atoms in total. The van der Waals surface area contributed by atoms with E-state index in [9.17, 15) is 4.79 Å². The normalized spacial score (nSPS) is 13.1. The first-order valence-corrected chi connectivity index (χ1v) is 8.11. The molecule has 0 radical (unpaired) electrons. The van der Waals surface area contributed by atoms with Crippen LogP contribution in [0.1, 0.15) is 30.0 Å². The van der Waals surface area contributed by atoms with E-state index in [2.05, 4.69) is 33.8 Å². The summed E-state index contributed by atoms with van der Waals surface area (Å²) in [4.78, 5) is 13.5. The molecule has 0 saturated heterocycles. The van der Waals surface area contributed by atoms with Gasteiger partial charge in [-0.3, -0.25) is 4.79 Å². The first kappa shape index (κ1) is 14.9. The van der Waals surface area contributed by atoms with E-state index in [0.717, 1.165) is 40.7 Å². The van der Waals surface area contributed by atoms with Crippen molar-refractivity contribution in [2.75, 3.05) is 11.4 Å². The van der Waals surface area contributed by atoms with Gasteiger partial charge in [-0.05, 0) is 54.8 Å². The van der Waals surface area contributed by atoms with Gasteiger partial charge < -0.3 is 4.90 Å². The van der Waals surface area contributed by atoms with Crippen LogP contribution < -0.4 is 4.90 Å². The fraction of sp³-hybridized carbons (Fsp3) is 0.211. The first-order chi connectivity index (χ1) is 10.6. The number of fused-ring (bicyclic) bond motifs is 1. The van der Waals surface area contributed by atoms with Crippen molar-refractivity contribution in [3.8, 4) is 11.8 Å². The molecule has 1 heterocycles. The SMILES string of the molecule is CC(=O)N1CCCc2cc(C#Cc3cccc(Br)c3)ccc21. The summed E-state index contributed by atoms with van der Waals surface area (Å²) in [5.41, 5.74) is 4.22. The topological polar surface area (TPSA) is 20.3 Å². The van der Waals surface area contributed by atoms with Gasteiger partial charge in [0.15, 0.2) is 0 Å². The second-order valence-electron chi connectivity index (χ2n) is 5.38. The maximum absolute atomic E-state index is 11.7. The van der Waals surface area contributed by atoms with E-state index in [1.807, 2.05) is 41.3 Å². The van der Waals surface area contributed by atoms with Crippen molar-refractivity contribution in [1.29, 1.82) is 0 Å². The Kier molecular flexibility index (Phi) is 4.31. The maximum atomic E-state index is 11.7. The van der Waals surface area contributed by atoms with Crippen molar-refractivity contribution in [1.82, 2.24) is 0 Å². The number of carbonyl (C=O) groups is 1. The Balaban J connectivity index is 1.90. The molecule has 22 heavy (non-hydrogen) atoms. The highest BCUT2D eigenvalue weighted by atomic mass is 79.9. The fourth-order valence-corrected chi connectivity index (χ4v) is 3.11. The van der Waals surface area contributed by atoms with Gasteiger partial charge >= 0.3 is 0 Å². The number of benzene rings is 2. The van der Waals surface area contributed by atoms with Crippen LogP contribution in [0.5, 0.6) is 0 Å². The molecule has 110 valence electrons. The molecule has 3 rings (SSSR count). The molecule has 1 aliphatic rings. The fourth-order valence-electron chi connectivity index (χ4n) is 2.71. The molecule has 2 aromatic carbocycles. The van der Waals surface area contributed by atoms with Crippen LogP contribution in [-0.2, 0) is 11.2 Å². The van der Waals surface area contributed by atoms with E-state index >= 15 is 0 Å². The molecule has 0 saturated carbocycles. The van der Waals surface area contributed by atoms with Crippen LogP contribution >= 0.6 is 15.9 Å². The molecule has 2 aromatic rings. The zero-order chi connectivity index (χ0) is 15.5. The van der Waals surface area contributed by atoms with Gasteiger partial charge in [0, 0.05) is 34.8 Å². The van der Waals surface area contributed by atoms with Crippen LogP contribution in [0, 0.1) is 11.8 Å². The van der Waals surface area contributed by atoms with Crippen LogP contribution in [0.4, 0.5) is 5.69 Å². The third-order valence-electron chi connectivity index (χ3n) is 3.75. The zero-order valence-corrected chi connectivity index (χ0v) is 14.0. The summed E-state index contributed by atoms with van der Waals surface area (Å²) in [6, 6.07) is 14.1. The van der Waals surface area contributed by atoms with Crippen molar-refractivity contribution < 1.29 is 4.79 Å². The second kappa shape index (κ2) is 6.37. The Hall–Kier alpha value is -2.05. The minimum Gasteiger partial charge on any atom is -0.312 e. The van der Waals surface area contributed by atoms with E-state index in [0.29, 0.717) is 0 Å². The van der Waals surface area contributed by atoms with Gasteiger partial charge in [-0.2, -0.15) is 0 Å². The number of amides is 1. The lowest BCUT2D eigenvalue weighted by Crippen LogP contribution is -2.33. The highest BCUT2D eigenvalue weighted by Gasteiger charge is 2.19. The monoisotopic (exact) mass is 353 g/mol. The molecule has 0 N–H and O–H groups in total. The minimum atomic E-state index is 0.105. The van der Waals surface area contributed by atoms with Crippen molar-refractivity contribution >= 4 is 27.5 Å². The summed E-state index contributed by atoms with van der Waals surface area (Å²) in [5.74, 6) is 6.50. The van der Waals surface area contributed by atoms with Crippen LogP contribution in [0.25, 0.3) is 0 Å². The van der Waals surface area contributed by atoms with Crippen molar-refractivity contribution in [3.05, 3.63) is 63.6 Å². The van der Waals surface area contributed by atoms with Crippen LogP contribution in [0.2, 0.25) is 0 Å². The van der Waals surface area contributed by atoms with Gasteiger partial charge in [0.05, 0.1) is 0 Å². The highest BCUT2D eigenvalue weighted by molar-refractivity contribution is 9.10. The summed E-state index contributed by atoms with van der Waals surface area (Å²) in [5, 5.41) is 0. The van der Waals surface area contributed by atoms with E-state index in [1.165, 1.54) is 5.56 Å². The number of hydrogen-bond acceptors (Lipinski definition) is 1. The van der Waals surface area contributed by atoms with Gasteiger partial charge in [0.1, 0.15) is 0 Å². The number of carbonyl (C=O) groups excluding carboxylic acids is 1. The molecule has 1 aliphatic heterocycles. The van der Waals surface area contributed by atoms with E-state index in [4.69, 9.17) is 0 Å². The standard InChI is InChI=1S/C19H16BrNO/c1-14(22)21-11-3-5-17-12-16(9-10-19(17)21)8-7-15-4-2-6-18(20)13-15/h2,4,6,9-10,12-13H,3,5,11H2,1H3. The molecular formula is C19H16BrNO. The molecule has 0 fully saturated rings. The zero-order valence-electron chi connectivity index (χ0n) is 12.4. The Labute approximate surface area is 139 Å². The van der Waals surface area contributed by atoms with Gasteiger partial charge in [-0.15, -0.1) is 0 Å². The largest absolute Gasteiger partial charge is 0.312 e. The quantitative estimate of drug-likeness (QED) is 0.651. The average molecular weight is 354 g/mol. The second-order valence-corrected chi connectivity index (χ2v) is 6.29. The highest BCUT2D eigenvalue weighted by Crippen LogP contribution is 2.28. The Morgan fingerprint density at radius 1 is 1.14 bits per heavy atom.